The van der Waals surface area contributed by atoms with Crippen LogP contribution in [0.15, 0.2) is 18.2 Å². The molecule has 1 aromatic heterocycles. The molecule has 4 heteroatoms. The minimum absolute atomic E-state index is 0.286. The van der Waals surface area contributed by atoms with Crippen LogP contribution >= 0.6 is 0 Å². The number of carbonyl (C=O) groups is 1. The molecule has 0 aliphatic heterocycles. The Kier molecular flexibility index (Phi) is 5.46. The zero-order valence-corrected chi connectivity index (χ0v) is 10.7. The third kappa shape index (κ3) is 4.85. The second-order valence-electron chi connectivity index (χ2n) is 4.20. The number of ether oxygens (including phenoxy) is 1. The zero-order valence-electron chi connectivity index (χ0n) is 10.7. The molecule has 1 rings (SSSR count). The van der Waals surface area contributed by atoms with Crippen LogP contribution in [0, 0.1) is 0 Å². The number of anilines is 1. The number of rotatable bonds is 6. The standard InChI is InChI=1S/C13H20N2O2/c1-4-5-9-17-13(16)11-7-6-8-12(15-11)14-10(2)3/h6-8,10H,4-5,9H2,1-3H3,(H,14,15). The van der Waals surface area contributed by atoms with Gasteiger partial charge < -0.3 is 10.1 Å². The predicted molar refractivity (Wildman–Crippen MR) is 68.2 cm³/mol. The Morgan fingerprint density at radius 1 is 1.47 bits per heavy atom. The Labute approximate surface area is 102 Å². The molecule has 0 saturated heterocycles. The van der Waals surface area contributed by atoms with Crippen molar-refractivity contribution in [2.75, 3.05) is 11.9 Å². The number of unbranched alkanes of at least 4 members (excludes halogenated alkanes) is 1. The van der Waals surface area contributed by atoms with Gasteiger partial charge in [0, 0.05) is 6.04 Å². The van der Waals surface area contributed by atoms with Crippen molar-refractivity contribution in [2.24, 2.45) is 0 Å². The second kappa shape index (κ2) is 6.89. The third-order valence-electron chi connectivity index (χ3n) is 2.13. The van der Waals surface area contributed by atoms with Crippen molar-refractivity contribution >= 4 is 11.8 Å². The monoisotopic (exact) mass is 236 g/mol. The van der Waals surface area contributed by atoms with Crippen molar-refractivity contribution in [3.63, 3.8) is 0 Å². The Hall–Kier alpha value is -1.58. The van der Waals surface area contributed by atoms with Gasteiger partial charge in [-0.25, -0.2) is 9.78 Å². The van der Waals surface area contributed by atoms with Crippen molar-refractivity contribution in [3.8, 4) is 0 Å². The Morgan fingerprint density at radius 2 is 2.24 bits per heavy atom. The lowest BCUT2D eigenvalue weighted by molar-refractivity contribution is 0.0493. The van der Waals surface area contributed by atoms with Crippen molar-refractivity contribution in [1.82, 2.24) is 4.98 Å². The van der Waals surface area contributed by atoms with E-state index in [-0.39, 0.29) is 12.0 Å². The first-order chi connectivity index (χ1) is 8.13. The van der Waals surface area contributed by atoms with Gasteiger partial charge in [-0.2, -0.15) is 0 Å². The van der Waals surface area contributed by atoms with E-state index in [4.69, 9.17) is 4.74 Å². The quantitative estimate of drug-likeness (QED) is 0.609. The summed E-state index contributed by atoms with van der Waals surface area (Å²) in [4.78, 5) is 15.9. The number of hydrogen-bond donors (Lipinski definition) is 1. The maximum Gasteiger partial charge on any atom is 0.357 e. The molecule has 1 N–H and O–H groups in total. The molecule has 0 fully saturated rings. The van der Waals surface area contributed by atoms with Gasteiger partial charge in [-0.3, -0.25) is 0 Å². The second-order valence-corrected chi connectivity index (χ2v) is 4.20. The van der Waals surface area contributed by atoms with Gasteiger partial charge in [-0.15, -0.1) is 0 Å². The molecule has 17 heavy (non-hydrogen) atoms. The van der Waals surface area contributed by atoms with E-state index in [2.05, 4.69) is 17.2 Å². The lowest BCUT2D eigenvalue weighted by Crippen LogP contribution is -2.14. The molecule has 1 aromatic rings. The van der Waals surface area contributed by atoms with Gasteiger partial charge in [-0.05, 0) is 32.4 Å². The molecular formula is C13H20N2O2. The van der Waals surface area contributed by atoms with Crippen LogP contribution in [0.1, 0.15) is 44.1 Å². The molecule has 0 radical (unpaired) electrons. The van der Waals surface area contributed by atoms with Crippen LogP contribution in [0.3, 0.4) is 0 Å². The van der Waals surface area contributed by atoms with Crippen molar-refractivity contribution in [1.29, 1.82) is 0 Å². The van der Waals surface area contributed by atoms with Gasteiger partial charge in [0.1, 0.15) is 5.82 Å². The van der Waals surface area contributed by atoms with Crippen LogP contribution in [0.5, 0.6) is 0 Å². The molecule has 0 aliphatic rings. The summed E-state index contributed by atoms with van der Waals surface area (Å²) in [5.74, 6) is 0.343. The predicted octanol–water partition coefficient (Wildman–Crippen LogP) is 2.86. The first-order valence-corrected chi connectivity index (χ1v) is 6.04. The summed E-state index contributed by atoms with van der Waals surface area (Å²) in [5.41, 5.74) is 0.353. The number of esters is 1. The molecule has 0 saturated carbocycles. The summed E-state index contributed by atoms with van der Waals surface area (Å²) in [6.45, 7) is 6.56. The van der Waals surface area contributed by atoms with E-state index in [1.54, 1.807) is 12.1 Å². The summed E-state index contributed by atoms with van der Waals surface area (Å²) in [7, 11) is 0. The summed E-state index contributed by atoms with van der Waals surface area (Å²) < 4.78 is 5.10. The molecule has 0 aromatic carbocycles. The number of nitrogens with one attached hydrogen (secondary N) is 1. The third-order valence-corrected chi connectivity index (χ3v) is 2.13. The first-order valence-electron chi connectivity index (χ1n) is 6.04. The highest BCUT2D eigenvalue weighted by Crippen LogP contribution is 2.07. The van der Waals surface area contributed by atoms with Gasteiger partial charge in [0.2, 0.25) is 0 Å². The van der Waals surface area contributed by atoms with E-state index in [0.717, 1.165) is 12.8 Å². The van der Waals surface area contributed by atoms with Gasteiger partial charge in [0.25, 0.3) is 0 Å². The van der Waals surface area contributed by atoms with Crippen molar-refractivity contribution in [2.45, 2.75) is 39.7 Å². The molecule has 94 valence electrons. The lowest BCUT2D eigenvalue weighted by Gasteiger charge is -2.09. The minimum Gasteiger partial charge on any atom is -0.461 e. The lowest BCUT2D eigenvalue weighted by atomic mass is 10.3. The molecule has 1 heterocycles. The van der Waals surface area contributed by atoms with Gasteiger partial charge in [0.15, 0.2) is 5.69 Å². The van der Waals surface area contributed by atoms with Gasteiger partial charge >= 0.3 is 5.97 Å². The Morgan fingerprint density at radius 3 is 2.88 bits per heavy atom. The van der Waals surface area contributed by atoms with Crippen LogP contribution in [-0.2, 0) is 4.74 Å². The highest BCUT2D eigenvalue weighted by molar-refractivity contribution is 5.87. The molecule has 0 bridgehead atoms. The summed E-state index contributed by atoms with van der Waals surface area (Å²) in [6, 6.07) is 5.59. The minimum atomic E-state index is -0.356. The van der Waals surface area contributed by atoms with E-state index in [1.165, 1.54) is 0 Å². The van der Waals surface area contributed by atoms with Crippen LogP contribution in [0.4, 0.5) is 5.82 Å². The fourth-order valence-electron chi connectivity index (χ4n) is 1.31. The van der Waals surface area contributed by atoms with Crippen LogP contribution < -0.4 is 5.32 Å². The molecule has 0 unspecified atom stereocenters. The number of carbonyl (C=O) groups excluding carboxylic acids is 1. The molecule has 0 amide bonds. The van der Waals surface area contributed by atoms with Crippen LogP contribution in [-0.4, -0.2) is 23.6 Å². The Balaban J connectivity index is 2.60. The fraction of sp³-hybridized carbons (Fsp3) is 0.538. The molecule has 0 atom stereocenters. The maximum absolute atomic E-state index is 11.6. The van der Waals surface area contributed by atoms with Gasteiger partial charge in [0.05, 0.1) is 6.61 Å². The van der Waals surface area contributed by atoms with Crippen molar-refractivity contribution < 1.29 is 9.53 Å². The van der Waals surface area contributed by atoms with E-state index >= 15 is 0 Å². The smallest absolute Gasteiger partial charge is 0.357 e. The van der Waals surface area contributed by atoms with E-state index in [1.807, 2.05) is 19.9 Å². The van der Waals surface area contributed by atoms with E-state index < -0.39 is 0 Å². The summed E-state index contributed by atoms with van der Waals surface area (Å²) >= 11 is 0. The highest BCUT2D eigenvalue weighted by Gasteiger charge is 2.09. The first kappa shape index (κ1) is 13.5. The average Bonchev–Trinajstić information content (AvgIpc) is 2.28. The molecular weight excluding hydrogens is 216 g/mol. The highest BCUT2D eigenvalue weighted by atomic mass is 16.5. The number of hydrogen-bond acceptors (Lipinski definition) is 4. The van der Waals surface area contributed by atoms with Crippen molar-refractivity contribution in [3.05, 3.63) is 23.9 Å². The summed E-state index contributed by atoms with van der Waals surface area (Å²) in [5, 5.41) is 3.15. The molecule has 4 nitrogen and oxygen atoms in total. The topological polar surface area (TPSA) is 51.2 Å². The van der Waals surface area contributed by atoms with Gasteiger partial charge in [-0.1, -0.05) is 19.4 Å². The van der Waals surface area contributed by atoms with E-state index in [9.17, 15) is 4.79 Å². The molecule has 0 spiro atoms. The fourth-order valence-corrected chi connectivity index (χ4v) is 1.31. The summed E-state index contributed by atoms with van der Waals surface area (Å²) in [6.07, 6.45) is 1.89. The zero-order chi connectivity index (χ0) is 12.7. The Bertz CT molecular complexity index is 364. The van der Waals surface area contributed by atoms with Crippen LogP contribution in [0.2, 0.25) is 0 Å². The maximum atomic E-state index is 11.6. The van der Waals surface area contributed by atoms with E-state index in [0.29, 0.717) is 18.1 Å². The normalized spacial score (nSPS) is 10.4. The van der Waals surface area contributed by atoms with Crippen LogP contribution in [0.25, 0.3) is 0 Å². The number of aromatic nitrogens is 1. The SMILES string of the molecule is CCCCOC(=O)c1cccc(NC(C)C)n1. The number of nitrogens with zero attached hydrogens (tertiary/aromatic N) is 1. The largest absolute Gasteiger partial charge is 0.461 e. The molecule has 0 aliphatic carbocycles. The average molecular weight is 236 g/mol. The number of pyridine rings is 1.